The fraction of sp³-hybridized carbons (Fsp3) is 0.625. The third-order valence-electron chi connectivity index (χ3n) is 3.96. The predicted molar refractivity (Wildman–Crippen MR) is 77.4 cm³/mol. The standard InChI is InChI=1S/C16H25NO2/c1-3-16(13-7-9-14(18)10-8-13)17(2)12-15-6-4-5-11-19-15/h7-10,15-16,18H,3-6,11-12H2,1-2H3. The molecule has 1 heterocycles. The minimum atomic E-state index is 0.330. The van der Waals surface area contributed by atoms with E-state index in [2.05, 4.69) is 18.9 Å². The highest BCUT2D eigenvalue weighted by Crippen LogP contribution is 2.26. The molecule has 1 aliphatic heterocycles. The lowest BCUT2D eigenvalue weighted by Gasteiger charge is -2.32. The number of benzene rings is 1. The first kappa shape index (κ1) is 14.4. The molecule has 1 saturated heterocycles. The molecule has 3 heteroatoms. The third kappa shape index (κ3) is 3.95. The zero-order valence-electron chi connectivity index (χ0n) is 12.0. The van der Waals surface area contributed by atoms with Crippen LogP contribution in [0.3, 0.4) is 0 Å². The van der Waals surface area contributed by atoms with Crippen molar-refractivity contribution in [1.29, 1.82) is 0 Å². The van der Waals surface area contributed by atoms with Crippen molar-refractivity contribution in [3.63, 3.8) is 0 Å². The maximum Gasteiger partial charge on any atom is 0.115 e. The van der Waals surface area contributed by atoms with Gasteiger partial charge in [-0.1, -0.05) is 19.1 Å². The van der Waals surface area contributed by atoms with Gasteiger partial charge in [0.2, 0.25) is 0 Å². The van der Waals surface area contributed by atoms with E-state index in [1.165, 1.54) is 24.8 Å². The quantitative estimate of drug-likeness (QED) is 0.884. The average molecular weight is 263 g/mol. The van der Waals surface area contributed by atoms with E-state index in [9.17, 15) is 5.11 Å². The molecule has 19 heavy (non-hydrogen) atoms. The molecule has 0 saturated carbocycles. The van der Waals surface area contributed by atoms with Crippen LogP contribution in [0.25, 0.3) is 0 Å². The van der Waals surface area contributed by atoms with Crippen LogP contribution >= 0.6 is 0 Å². The zero-order valence-corrected chi connectivity index (χ0v) is 12.0. The van der Waals surface area contributed by atoms with Crippen LogP contribution in [0.5, 0.6) is 5.75 Å². The summed E-state index contributed by atoms with van der Waals surface area (Å²) in [6.07, 6.45) is 5.11. The molecule has 1 aromatic carbocycles. The molecule has 0 amide bonds. The zero-order chi connectivity index (χ0) is 13.7. The van der Waals surface area contributed by atoms with Gasteiger partial charge in [-0.25, -0.2) is 0 Å². The summed E-state index contributed by atoms with van der Waals surface area (Å²) in [5, 5.41) is 9.38. The second-order valence-electron chi connectivity index (χ2n) is 5.44. The summed E-state index contributed by atoms with van der Waals surface area (Å²) >= 11 is 0. The number of nitrogens with zero attached hydrogens (tertiary/aromatic N) is 1. The Morgan fingerprint density at radius 3 is 2.63 bits per heavy atom. The summed E-state index contributed by atoms with van der Waals surface area (Å²) in [6, 6.07) is 7.96. The minimum absolute atomic E-state index is 0.330. The normalized spacial score (nSPS) is 21.5. The van der Waals surface area contributed by atoms with Crippen LogP contribution in [0.2, 0.25) is 0 Å². The number of likely N-dealkylation sites (N-methyl/N-ethyl adjacent to an activating group) is 1. The summed E-state index contributed by atoms with van der Waals surface area (Å²) < 4.78 is 5.82. The lowest BCUT2D eigenvalue weighted by molar-refractivity contribution is -0.00867. The second kappa shape index (κ2) is 6.92. The van der Waals surface area contributed by atoms with Crippen molar-refractivity contribution in [2.24, 2.45) is 0 Å². The van der Waals surface area contributed by atoms with Gasteiger partial charge in [-0.15, -0.1) is 0 Å². The van der Waals surface area contributed by atoms with Crippen molar-refractivity contribution in [2.45, 2.75) is 44.8 Å². The summed E-state index contributed by atoms with van der Waals surface area (Å²) in [5.41, 5.74) is 1.26. The van der Waals surface area contributed by atoms with Crippen LogP contribution in [0.4, 0.5) is 0 Å². The molecule has 0 aromatic heterocycles. The first-order valence-corrected chi connectivity index (χ1v) is 7.31. The van der Waals surface area contributed by atoms with Gasteiger partial charge in [-0.2, -0.15) is 0 Å². The fourth-order valence-corrected chi connectivity index (χ4v) is 2.90. The highest BCUT2D eigenvalue weighted by Gasteiger charge is 2.21. The summed E-state index contributed by atoms with van der Waals surface area (Å²) in [5.74, 6) is 0.330. The Labute approximate surface area is 116 Å². The Morgan fingerprint density at radius 2 is 2.05 bits per heavy atom. The smallest absolute Gasteiger partial charge is 0.115 e. The molecule has 2 unspecified atom stereocenters. The highest BCUT2D eigenvalue weighted by atomic mass is 16.5. The van der Waals surface area contributed by atoms with Crippen molar-refractivity contribution < 1.29 is 9.84 Å². The summed E-state index contributed by atoms with van der Waals surface area (Å²) in [6.45, 7) is 4.10. The van der Waals surface area contributed by atoms with Gasteiger partial charge >= 0.3 is 0 Å². The van der Waals surface area contributed by atoms with Crippen molar-refractivity contribution in [3.8, 4) is 5.75 Å². The maximum absolute atomic E-state index is 9.38. The first-order chi connectivity index (χ1) is 9.20. The fourth-order valence-electron chi connectivity index (χ4n) is 2.90. The molecule has 0 spiro atoms. The number of aromatic hydroxyl groups is 1. The lowest BCUT2D eigenvalue weighted by atomic mass is 10.0. The molecule has 0 aliphatic carbocycles. The number of ether oxygens (including phenoxy) is 1. The van der Waals surface area contributed by atoms with E-state index >= 15 is 0 Å². The van der Waals surface area contributed by atoms with Gasteiger partial charge in [-0.3, -0.25) is 4.90 Å². The third-order valence-corrected chi connectivity index (χ3v) is 3.96. The maximum atomic E-state index is 9.38. The molecule has 0 bridgehead atoms. The van der Waals surface area contributed by atoms with Gasteiger partial charge in [0, 0.05) is 19.2 Å². The lowest BCUT2D eigenvalue weighted by Crippen LogP contribution is -2.35. The van der Waals surface area contributed by atoms with Crippen LogP contribution in [-0.2, 0) is 4.74 Å². The molecular formula is C16H25NO2. The van der Waals surface area contributed by atoms with E-state index in [1.807, 2.05) is 12.1 Å². The minimum Gasteiger partial charge on any atom is -0.508 e. The van der Waals surface area contributed by atoms with E-state index in [1.54, 1.807) is 12.1 Å². The molecule has 3 nitrogen and oxygen atoms in total. The Morgan fingerprint density at radius 1 is 1.32 bits per heavy atom. The Kier molecular flexibility index (Phi) is 5.23. The van der Waals surface area contributed by atoms with Gasteiger partial charge in [0.15, 0.2) is 0 Å². The first-order valence-electron chi connectivity index (χ1n) is 7.31. The SMILES string of the molecule is CCC(c1ccc(O)cc1)N(C)CC1CCCCO1. The van der Waals surface area contributed by atoms with Crippen LogP contribution in [-0.4, -0.2) is 36.3 Å². The topological polar surface area (TPSA) is 32.7 Å². The average Bonchev–Trinajstić information content (AvgIpc) is 2.43. The van der Waals surface area contributed by atoms with E-state index in [4.69, 9.17) is 4.74 Å². The van der Waals surface area contributed by atoms with Crippen LogP contribution in [0, 0.1) is 0 Å². The van der Waals surface area contributed by atoms with Gasteiger partial charge in [0.05, 0.1) is 6.10 Å². The van der Waals surface area contributed by atoms with Crippen molar-refractivity contribution >= 4 is 0 Å². The van der Waals surface area contributed by atoms with E-state index < -0.39 is 0 Å². The van der Waals surface area contributed by atoms with E-state index in [0.29, 0.717) is 17.9 Å². The Balaban J connectivity index is 1.97. The number of phenols is 1. The van der Waals surface area contributed by atoms with E-state index in [-0.39, 0.29) is 0 Å². The van der Waals surface area contributed by atoms with Crippen molar-refractivity contribution in [3.05, 3.63) is 29.8 Å². The Bertz CT molecular complexity index is 371. The van der Waals surface area contributed by atoms with Crippen molar-refractivity contribution in [2.75, 3.05) is 20.2 Å². The van der Waals surface area contributed by atoms with Gasteiger partial charge in [-0.05, 0) is 50.4 Å². The van der Waals surface area contributed by atoms with Gasteiger partial charge in [0.25, 0.3) is 0 Å². The summed E-state index contributed by atoms with van der Waals surface area (Å²) in [7, 11) is 2.17. The largest absolute Gasteiger partial charge is 0.508 e. The van der Waals surface area contributed by atoms with Crippen molar-refractivity contribution in [1.82, 2.24) is 4.90 Å². The number of phenolic OH excluding ortho intramolecular Hbond substituents is 1. The van der Waals surface area contributed by atoms with Crippen LogP contribution < -0.4 is 0 Å². The monoisotopic (exact) mass is 263 g/mol. The van der Waals surface area contributed by atoms with Crippen LogP contribution in [0.15, 0.2) is 24.3 Å². The molecular weight excluding hydrogens is 238 g/mol. The molecule has 1 aromatic rings. The van der Waals surface area contributed by atoms with Gasteiger partial charge < -0.3 is 9.84 Å². The molecule has 2 rings (SSSR count). The van der Waals surface area contributed by atoms with E-state index in [0.717, 1.165) is 19.6 Å². The number of rotatable bonds is 5. The van der Waals surface area contributed by atoms with Gasteiger partial charge in [0.1, 0.15) is 5.75 Å². The summed E-state index contributed by atoms with van der Waals surface area (Å²) in [4.78, 5) is 2.38. The highest BCUT2D eigenvalue weighted by molar-refractivity contribution is 5.28. The molecule has 1 aliphatic rings. The number of hydrogen-bond acceptors (Lipinski definition) is 3. The molecule has 0 radical (unpaired) electrons. The molecule has 1 N–H and O–H groups in total. The molecule has 1 fully saturated rings. The second-order valence-corrected chi connectivity index (χ2v) is 5.44. The van der Waals surface area contributed by atoms with Crippen LogP contribution in [0.1, 0.15) is 44.2 Å². The molecule has 106 valence electrons. The predicted octanol–water partition coefficient (Wildman–Crippen LogP) is 3.34. The Hall–Kier alpha value is -1.06. The number of hydrogen-bond donors (Lipinski definition) is 1. The molecule has 2 atom stereocenters.